The smallest absolute Gasteiger partial charge is 0.347 e. The van der Waals surface area contributed by atoms with Crippen molar-refractivity contribution in [1.82, 2.24) is 14.9 Å². The molecule has 0 fully saturated rings. The Labute approximate surface area is 132 Å². The van der Waals surface area contributed by atoms with Gasteiger partial charge in [0.2, 0.25) is 0 Å². The molecule has 0 radical (unpaired) electrons. The van der Waals surface area contributed by atoms with Gasteiger partial charge in [0, 0.05) is 23.0 Å². The molecule has 0 bridgehead atoms. The molecule has 0 saturated heterocycles. The number of halogens is 3. The fraction of sp³-hybridized carbons (Fsp3) is 0.375. The van der Waals surface area contributed by atoms with Crippen LogP contribution in [0.25, 0.3) is 5.69 Å². The van der Waals surface area contributed by atoms with E-state index in [0.717, 1.165) is 12.1 Å². The van der Waals surface area contributed by atoms with Crippen LogP contribution in [0.1, 0.15) is 42.4 Å². The van der Waals surface area contributed by atoms with Gasteiger partial charge in [-0.3, -0.25) is 4.79 Å². The van der Waals surface area contributed by atoms with Gasteiger partial charge in [-0.25, -0.2) is 4.98 Å². The van der Waals surface area contributed by atoms with Gasteiger partial charge in [-0.15, -0.1) is 0 Å². The summed E-state index contributed by atoms with van der Waals surface area (Å²) in [5.74, 6) is -0.554. The van der Waals surface area contributed by atoms with Gasteiger partial charge >= 0.3 is 6.18 Å². The maximum absolute atomic E-state index is 13.1. The normalized spacial score (nSPS) is 12.3. The largest absolute Gasteiger partial charge is 0.416 e. The van der Waals surface area contributed by atoms with Crippen LogP contribution in [0.2, 0.25) is 0 Å². The first-order chi connectivity index (χ1) is 10.5. The van der Waals surface area contributed by atoms with Crippen LogP contribution in [0.3, 0.4) is 0 Å². The van der Waals surface area contributed by atoms with E-state index in [-0.39, 0.29) is 11.3 Å². The molecule has 0 atom stereocenters. The van der Waals surface area contributed by atoms with Gasteiger partial charge in [-0.2, -0.15) is 13.2 Å². The Balaban J connectivity index is 2.52. The van der Waals surface area contributed by atoms with Crippen molar-refractivity contribution < 1.29 is 18.0 Å². The highest BCUT2D eigenvalue weighted by Gasteiger charge is 2.32. The number of benzene rings is 1. The summed E-state index contributed by atoms with van der Waals surface area (Å²) in [7, 11) is 0. The predicted molar refractivity (Wildman–Crippen MR) is 80.5 cm³/mol. The minimum atomic E-state index is -4.54. The van der Waals surface area contributed by atoms with E-state index in [0.29, 0.717) is 5.69 Å². The van der Waals surface area contributed by atoms with Crippen LogP contribution in [0.4, 0.5) is 13.2 Å². The summed E-state index contributed by atoms with van der Waals surface area (Å²) in [5, 5.41) is 2.67. The van der Waals surface area contributed by atoms with Crippen molar-refractivity contribution in [2.45, 2.75) is 39.4 Å². The lowest BCUT2D eigenvalue weighted by molar-refractivity contribution is -0.137. The van der Waals surface area contributed by atoms with Gasteiger partial charge < -0.3 is 9.88 Å². The van der Waals surface area contributed by atoms with Crippen molar-refractivity contribution in [2.75, 3.05) is 0 Å². The van der Waals surface area contributed by atoms with Crippen LogP contribution in [0, 0.1) is 6.92 Å². The molecule has 4 nitrogen and oxygen atoms in total. The van der Waals surface area contributed by atoms with Crippen LogP contribution in [-0.2, 0) is 6.18 Å². The molecule has 0 saturated carbocycles. The Kier molecular flexibility index (Phi) is 4.24. The molecule has 124 valence electrons. The Morgan fingerprint density at radius 2 is 1.83 bits per heavy atom. The quantitative estimate of drug-likeness (QED) is 0.914. The molecule has 1 aromatic heterocycles. The molecule has 2 aromatic rings. The molecule has 0 aliphatic heterocycles. The summed E-state index contributed by atoms with van der Waals surface area (Å²) in [4.78, 5) is 16.2. The standard InChI is InChI=1S/C16H18F3N3O/c1-10-8-22(9-20-10)13-6-11(14(23)21-15(2,3)4)5-12(7-13)16(17,18)19/h5-9H,1-4H3,(H,21,23). The Bertz CT molecular complexity index is 727. The lowest BCUT2D eigenvalue weighted by Gasteiger charge is -2.21. The fourth-order valence-corrected chi connectivity index (χ4v) is 2.03. The number of aryl methyl sites for hydroxylation is 1. The first kappa shape index (κ1) is 17.1. The number of amides is 1. The summed E-state index contributed by atoms with van der Waals surface area (Å²) in [6.45, 7) is 7.02. The lowest BCUT2D eigenvalue weighted by Crippen LogP contribution is -2.40. The first-order valence-corrected chi connectivity index (χ1v) is 7.01. The summed E-state index contributed by atoms with van der Waals surface area (Å²) in [6, 6.07) is 3.26. The number of aromatic nitrogens is 2. The topological polar surface area (TPSA) is 46.9 Å². The number of nitrogens with zero attached hydrogens (tertiary/aromatic N) is 2. The Hall–Kier alpha value is -2.31. The zero-order valence-corrected chi connectivity index (χ0v) is 13.3. The Morgan fingerprint density at radius 1 is 1.17 bits per heavy atom. The third-order valence-electron chi connectivity index (χ3n) is 3.01. The number of carbonyl (C=O) groups is 1. The molecule has 1 N–H and O–H groups in total. The van der Waals surface area contributed by atoms with E-state index in [1.807, 2.05) is 0 Å². The monoisotopic (exact) mass is 325 g/mol. The zero-order valence-electron chi connectivity index (χ0n) is 13.3. The average Bonchev–Trinajstić information content (AvgIpc) is 2.82. The minimum absolute atomic E-state index is 0.0453. The predicted octanol–water partition coefficient (Wildman–Crippen LogP) is 3.73. The summed E-state index contributed by atoms with van der Waals surface area (Å²) >= 11 is 0. The molecular formula is C16H18F3N3O. The van der Waals surface area contributed by atoms with E-state index in [4.69, 9.17) is 0 Å². The molecule has 7 heteroatoms. The molecule has 23 heavy (non-hydrogen) atoms. The third kappa shape index (κ3) is 4.34. The van der Waals surface area contributed by atoms with E-state index in [9.17, 15) is 18.0 Å². The second-order valence-electron chi connectivity index (χ2n) is 6.39. The fourth-order valence-electron chi connectivity index (χ4n) is 2.03. The molecule has 2 rings (SSSR count). The lowest BCUT2D eigenvalue weighted by atomic mass is 10.0. The molecule has 1 heterocycles. The van der Waals surface area contributed by atoms with Crippen molar-refractivity contribution in [3.8, 4) is 5.69 Å². The van der Waals surface area contributed by atoms with E-state index in [1.54, 1.807) is 33.9 Å². The van der Waals surface area contributed by atoms with Crippen molar-refractivity contribution in [3.05, 3.63) is 47.5 Å². The van der Waals surface area contributed by atoms with Gasteiger partial charge in [-0.1, -0.05) is 0 Å². The van der Waals surface area contributed by atoms with Gasteiger partial charge in [-0.05, 0) is 45.9 Å². The first-order valence-electron chi connectivity index (χ1n) is 7.01. The van der Waals surface area contributed by atoms with E-state index >= 15 is 0 Å². The zero-order chi connectivity index (χ0) is 17.4. The molecule has 1 aromatic carbocycles. The van der Waals surface area contributed by atoms with E-state index < -0.39 is 23.2 Å². The number of hydrogen-bond donors (Lipinski definition) is 1. The number of hydrogen-bond acceptors (Lipinski definition) is 2. The Morgan fingerprint density at radius 3 is 2.30 bits per heavy atom. The van der Waals surface area contributed by atoms with Crippen LogP contribution in [-0.4, -0.2) is 21.0 Å². The van der Waals surface area contributed by atoms with Crippen LogP contribution in [0.5, 0.6) is 0 Å². The molecule has 0 aliphatic rings. The van der Waals surface area contributed by atoms with Crippen LogP contribution in [0.15, 0.2) is 30.7 Å². The van der Waals surface area contributed by atoms with Gasteiger partial charge in [0.25, 0.3) is 5.91 Å². The molecule has 0 unspecified atom stereocenters. The SMILES string of the molecule is Cc1cn(-c2cc(C(=O)NC(C)(C)C)cc(C(F)(F)F)c2)cn1. The highest BCUT2D eigenvalue weighted by atomic mass is 19.4. The van der Waals surface area contributed by atoms with Crippen molar-refractivity contribution >= 4 is 5.91 Å². The van der Waals surface area contributed by atoms with Crippen LogP contribution >= 0.6 is 0 Å². The van der Waals surface area contributed by atoms with E-state index in [2.05, 4.69) is 10.3 Å². The second kappa shape index (κ2) is 5.72. The van der Waals surface area contributed by atoms with E-state index in [1.165, 1.54) is 17.0 Å². The number of rotatable bonds is 2. The molecule has 1 amide bonds. The third-order valence-corrected chi connectivity index (χ3v) is 3.01. The maximum Gasteiger partial charge on any atom is 0.416 e. The van der Waals surface area contributed by atoms with Crippen molar-refractivity contribution in [3.63, 3.8) is 0 Å². The van der Waals surface area contributed by atoms with Gasteiger partial charge in [0.05, 0.1) is 17.6 Å². The van der Waals surface area contributed by atoms with Crippen molar-refractivity contribution in [1.29, 1.82) is 0 Å². The highest BCUT2D eigenvalue weighted by Crippen LogP contribution is 2.31. The number of carbonyl (C=O) groups excluding carboxylic acids is 1. The highest BCUT2D eigenvalue weighted by molar-refractivity contribution is 5.95. The summed E-state index contributed by atoms with van der Waals surface area (Å²) < 4.78 is 40.8. The van der Waals surface area contributed by atoms with Crippen molar-refractivity contribution in [2.24, 2.45) is 0 Å². The summed E-state index contributed by atoms with van der Waals surface area (Å²) in [5.41, 5.74) is -0.559. The average molecular weight is 325 g/mol. The molecule has 0 spiro atoms. The molecular weight excluding hydrogens is 307 g/mol. The number of alkyl halides is 3. The van der Waals surface area contributed by atoms with Gasteiger partial charge in [0.15, 0.2) is 0 Å². The summed E-state index contributed by atoms with van der Waals surface area (Å²) in [6.07, 6.45) is -1.53. The maximum atomic E-state index is 13.1. The van der Waals surface area contributed by atoms with Crippen LogP contribution < -0.4 is 5.32 Å². The second-order valence-corrected chi connectivity index (χ2v) is 6.39. The van der Waals surface area contributed by atoms with Gasteiger partial charge in [0.1, 0.15) is 0 Å². The minimum Gasteiger partial charge on any atom is -0.347 e. The number of imidazole rings is 1. The molecule has 0 aliphatic carbocycles. The number of nitrogens with one attached hydrogen (secondary N) is 1.